The van der Waals surface area contributed by atoms with E-state index in [0.717, 1.165) is 0 Å². The largest absolute Gasteiger partial charge is 0.480 e. The zero-order valence-electron chi connectivity index (χ0n) is 8.67. The highest BCUT2D eigenvalue weighted by Gasteiger charge is 2.34. The molecule has 0 saturated carbocycles. The van der Waals surface area contributed by atoms with Gasteiger partial charge in [-0.25, -0.2) is 9.78 Å². The molecule has 2 rings (SSSR count). The minimum atomic E-state index is -0.983. The van der Waals surface area contributed by atoms with Gasteiger partial charge in [0.05, 0.1) is 5.88 Å². The number of carbonyl (C=O) groups excluding carboxylic acids is 1. The second-order valence-corrected chi connectivity index (χ2v) is 4.88. The highest BCUT2D eigenvalue weighted by molar-refractivity contribution is 7.99. The molecule has 1 aliphatic rings. The summed E-state index contributed by atoms with van der Waals surface area (Å²) in [5.74, 6) is -0.509. The van der Waals surface area contributed by atoms with Crippen LogP contribution in [0.1, 0.15) is 10.4 Å². The lowest BCUT2D eigenvalue weighted by molar-refractivity contribution is -0.140. The Balaban J connectivity index is 2.23. The number of amides is 1. The molecular formula is C10H9ClN2O3S. The molecule has 1 aliphatic heterocycles. The predicted octanol–water partition coefficient (Wildman–Crippen LogP) is 1.33. The number of hydrogen-bond acceptors (Lipinski definition) is 4. The first-order valence-corrected chi connectivity index (χ1v) is 6.36. The number of halogens is 1. The predicted molar refractivity (Wildman–Crippen MR) is 64.2 cm³/mol. The molecule has 1 unspecified atom stereocenters. The van der Waals surface area contributed by atoms with Crippen molar-refractivity contribution in [3.63, 3.8) is 0 Å². The van der Waals surface area contributed by atoms with Gasteiger partial charge in [0.1, 0.15) is 11.2 Å². The molecule has 1 saturated heterocycles. The van der Waals surface area contributed by atoms with E-state index in [4.69, 9.17) is 16.7 Å². The van der Waals surface area contributed by atoms with E-state index in [0.29, 0.717) is 17.2 Å². The number of pyridine rings is 1. The molecule has 0 aromatic carbocycles. The van der Waals surface area contributed by atoms with Crippen molar-refractivity contribution in [3.8, 4) is 0 Å². The van der Waals surface area contributed by atoms with Crippen molar-refractivity contribution >= 4 is 35.2 Å². The van der Waals surface area contributed by atoms with E-state index in [2.05, 4.69) is 4.98 Å². The molecule has 0 radical (unpaired) electrons. The zero-order valence-corrected chi connectivity index (χ0v) is 10.2. The fraction of sp³-hybridized carbons (Fsp3) is 0.300. The molecule has 0 bridgehead atoms. The minimum Gasteiger partial charge on any atom is -0.480 e. The first-order chi connectivity index (χ1) is 8.09. The van der Waals surface area contributed by atoms with Crippen molar-refractivity contribution in [1.29, 1.82) is 0 Å². The van der Waals surface area contributed by atoms with Gasteiger partial charge in [0.15, 0.2) is 0 Å². The van der Waals surface area contributed by atoms with Crippen molar-refractivity contribution in [2.75, 3.05) is 11.6 Å². The van der Waals surface area contributed by atoms with Crippen LogP contribution < -0.4 is 0 Å². The highest BCUT2D eigenvalue weighted by atomic mass is 35.5. The number of aliphatic carboxylic acids is 1. The van der Waals surface area contributed by atoms with Gasteiger partial charge in [-0.3, -0.25) is 4.79 Å². The van der Waals surface area contributed by atoms with Gasteiger partial charge in [0.2, 0.25) is 0 Å². The standard InChI is InChI=1S/C10H9ClN2O3S/c11-8-3-6(1-2-12-8)9(14)13-5-17-4-7(13)10(15)16/h1-3,7H,4-5H2,(H,15,16). The van der Waals surface area contributed by atoms with E-state index in [1.165, 1.54) is 35.0 Å². The van der Waals surface area contributed by atoms with Gasteiger partial charge in [-0.05, 0) is 12.1 Å². The molecule has 17 heavy (non-hydrogen) atoms. The SMILES string of the molecule is O=C(O)C1CSCN1C(=O)c1ccnc(Cl)c1. The maximum absolute atomic E-state index is 12.1. The van der Waals surface area contributed by atoms with Crippen LogP contribution >= 0.6 is 23.4 Å². The summed E-state index contributed by atoms with van der Waals surface area (Å²) in [6, 6.07) is 2.20. The van der Waals surface area contributed by atoms with Crippen LogP contribution in [0.3, 0.4) is 0 Å². The molecule has 1 amide bonds. The fourth-order valence-electron chi connectivity index (χ4n) is 1.55. The Bertz CT molecular complexity index is 469. The van der Waals surface area contributed by atoms with E-state index >= 15 is 0 Å². The third-order valence-electron chi connectivity index (χ3n) is 2.40. The molecule has 1 aromatic rings. The second-order valence-electron chi connectivity index (χ2n) is 3.50. The zero-order chi connectivity index (χ0) is 12.4. The normalized spacial score (nSPS) is 19.4. The number of aromatic nitrogens is 1. The summed E-state index contributed by atoms with van der Waals surface area (Å²) >= 11 is 7.11. The van der Waals surface area contributed by atoms with E-state index < -0.39 is 12.0 Å². The second kappa shape index (κ2) is 4.93. The molecule has 5 nitrogen and oxygen atoms in total. The highest BCUT2D eigenvalue weighted by Crippen LogP contribution is 2.23. The summed E-state index contributed by atoms with van der Waals surface area (Å²) in [5, 5.41) is 9.21. The summed E-state index contributed by atoms with van der Waals surface area (Å²) in [6.07, 6.45) is 1.43. The molecular weight excluding hydrogens is 264 g/mol. The first-order valence-electron chi connectivity index (χ1n) is 4.82. The summed E-state index contributed by atoms with van der Waals surface area (Å²) in [4.78, 5) is 28.2. The van der Waals surface area contributed by atoms with Crippen LogP contribution in [0.4, 0.5) is 0 Å². The lowest BCUT2D eigenvalue weighted by Gasteiger charge is -2.20. The lowest BCUT2D eigenvalue weighted by atomic mass is 10.2. The van der Waals surface area contributed by atoms with Gasteiger partial charge in [-0.1, -0.05) is 11.6 Å². The molecule has 0 aliphatic carbocycles. The van der Waals surface area contributed by atoms with Crippen LogP contribution in [-0.2, 0) is 4.79 Å². The van der Waals surface area contributed by atoms with Gasteiger partial charge in [-0.15, -0.1) is 11.8 Å². The molecule has 2 heterocycles. The molecule has 90 valence electrons. The van der Waals surface area contributed by atoms with Gasteiger partial charge in [0, 0.05) is 17.5 Å². The maximum Gasteiger partial charge on any atom is 0.327 e. The Kier molecular flexibility index (Phi) is 3.54. The first kappa shape index (κ1) is 12.2. The van der Waals surface area contributed by atoms with Crippen molar-refractivity contribution < 1.29 is 14.7 Å². The van der Waals surface area contributed by atoms with E-state index in [9.17, 15) is 9.59 Å². The van der Waals surface area contributed by atoms with Crippen LogP contribution in [0, 0.1) is 0 Å². The number of carbonyl (C=O) groups is 2. The van der Waals surface area contributed by atoms with Crippen LogP contribution in [0.2, 0.25) is 5.15 Å². The summed E-state index contributed by atoms with van der Waals surface area (Å²) < 4.78 is 0. The molecule has 7 heteroatoms. The Hall–Kier alpha value is -1.27. The van der Waals surface area contributed by atoms with E-state index in [-0.39, 0.29) is 11.1 Å². The van der Waals surface area contributed by atoms with Crippen molar-refractivity contribution in [1.82, 2.24) is 9.88 Å². The molecule has 0 spiro atoms. The monoisotopic (exact) mass is 272 g/mol. The van der Waals surface area contributed by atoms with Crippen LogP contribution in [0.15, 0.2) is 18.3 Å². The van der Waals surface area contributed by atoms with Crippen molar-refractivity contribution in [2.24, 2.45) is 0 Å². The number of rotatable bonds is 2. The van der Waals surface area contributed by atoms with Gasteiger partial charge in [-0.2, -0.15) is 0 Å². The third kappa shape index (κ3) is 2.53. The molecule has 1 N–H and O–H groups in total. The summed E-state index contributed by atoms with van der Waals surface area (Å²) in [7, 11) is 0. The van der Waals surface area contributed by atoms with Gasteiger partial charge >= 0.3 is 5.97 Å². The molecule has 1 fully saturated rings. The minimum absolute atomic E-state index is 0.217. The van der Waals surface area contributed by atoms with Crippen LogP contribution in [-0.4, -0.2) is 44.5 Å². The Morgan fingerprint density at radius 2 is 2.35 bits per heavy atom. The van der Waals surface area contributed by atoms with Crippen molar-refractivity contribution in [2.45, 2.75) is 6.04 Å². The average molecular weight is 273 g/mol. The smallest absolute Gasteiger partial charge is 0.327 e. The fourth-order valence-corrected chi connectivity index (χ4v) is 2.87. The number of thioether (sulfide) groups is 1. The topological polar surface area (TPSA) is 70.5 Å². The quantitative estimate of drug-likeness (QED) is 0.823. The van der Waals surface area contributed by atoms with Gasteiger partial charge < -0.3 is 10.0 Å². The Morgan fingerprint density at radius 3 is 3.00 bits per heavy atom. The molecule has 1 aromatic heterocycles. The number of carboxylic acid groups (broad SMARTS) is 1. The van der Waals surface area contributed by atoms with E-state index in [1.54, 1.807) is 0 Å². The molecule has 1 atom stereocenters. The summed E-state index contributed by atoms with van der Waals surface area (Å²) in [6.45, 7) is 0. The van der Waals surface area contributed by atoms with Crippen molar-refractivity contribution in [3.05, 3.63) is 29.0 Å². The maximum atomic E-state index is 12.1. The lowest BCUT2D eigenvalue weighted by Crippen LogP contribution is -2.41. The number of hydrogen-bond donors (Lipinski definition) is 1. The Labute approximate surface area is 107 Å². The van der Waals surface area contributed by atoms with Crippen LogP contribution in [0.5, 0.6) is 0 Å². The number of carboxylic acids is 1. The van der Waals surface area contributed by atoms with E-state index in [1.807, 2.05) is 0 Å². The van der Waals surface area contributed by atoms with Gasteiger partial charge in [0.25, 0.3) is 5.91 Å². The van der Waals surface area contributed by atoms with Crippen LogP contribution in [0.25, 0.3) is 0 Å². The summed E-state index contributed by atoms with van der Waals surface area (Å²) in [5.41, 5.74) is 0.360. The average Bonchev–Trinajstić information content (AvgIpc) is 2.77. The Morgan fingerprint density at radius 1 is 1.59 bits per heavy atom. The third-order valence-corrected chi connectivity index (χ3v) is 3.62. The number of nitrogens with zero attached hydrogens (tertiary/aromatic N) is 2.